The highest BCUT2D eigenvalue weighted by Crippen LogP contribution is 2.30. The third-order valence-corrected chi connectivity index (χ3v) is 4.80. The fourth-order valence-corrected chi connectivity index (χ4v) is 3.22. The van der Waals surface area contributed by atoms with Crippen LogP contribution in [0.25, 0.3) is 0 Å². The van der Waals surface area contributed by atoms with Crippen molar-refractivity contribution in [2.75, 3.05) is 24.6 Å². The second kappa shape index (κ2) is 6.24. The van der Waals surface area contributed by atoms with E-state index >= 15 is 0 Å². The molecular formula is C19H30N4O2. The van der Waals surface area contributed by atoms with Crippen LogP contribution >= 0.6 is 0 Å². The average molecular weight is 346 g/mol. The molecule has 0 radical (unpaired) electrons. The van der Waals surface area contributed by atoms with Gasteiger partial charge in [-0.25, -0.2) is 9.97 Å². The molecule has 1 N–H and O–H groups in total. The van der Waals surface area contributed by atoms with E-state index in [1.807, 2.05) is 0 Å². The molecule has 2 atom stereocenters. The van der Waals surface area contributed by atoms with Crippen LogP contribution in [0.5, 0.6) is 0 Å². The highest BCUT2D eigenvalue weighted by molar-refractivity contribution is 5.78. The quantitative estimate of drug-likeness (QED) is 0.844. The predicted octanol–water partition coefficient (Wildman–Crippen LogP) is 2.17. The molecule has 1 amide bonds. The summed E-state index contributed by atoms with van der Waals surface area (Å²) in [7, 11) is 0. The van der Waals surface area contributed by atoms with E-state index in [0.29, 0.717) is 0 Å². The van der Waals surface area contributed by atoms with Crippen LogP contribution in [0.15, 0.2) is 6.07 Å². The van der Waals surface area contributed by atoms with Crippen molar-refractivity contribution >= 4 is 11.7 Å². The van der Waals surface area contributed by atoms with Gasteiger partial charge in [0, 0.05) is 30.0 Å². The number of amides is 1. The van der Waals surface area contributed by atoms with E-state index in [0.717, 1.165) is 36.8 Å². The smallest absolute Gasteiger partial charge is 0.246 e. The summed E-state index contributed by atoms with van der Waals surface area (Å²) in [5, 5.41) is 3.06. The van der Waals surface area contributed by atoms with E-state index in [9.17, 15) is 4.79 Å². The molecule has 2 unspecified atom stereocenters. The van der Waals surface area contributed by atoms with Crippen molar-refractivity contribution in [3.05, 3.63) is 17.6 Å². The van der Waals surface area contributed by atoms with Gasteiger partial charge in [0.15, 0.2) is 0 Å². The van der Waals surface area contributed by atoms with Gasteiger partial charge in [-0.3, -0.25) is 4.79 Å². The zero-order valence-electron chi connectivity index (χ0n) is 16.2. The summed E-state index contributed by atoms with van der Waals surface area (Å²) in [4.78, 5) is 23.6. The number of morpholine rings is 1. The van der Waals surface area contributed by atoms with E-state index in [4.69, 9.17) is 14.7 Å². The normalized spacial score (nSPS) is 24.7. The second-order valence-electron chi connectivity index (χ2n) is 9.19. The molecule has 3 heterocycles. The zero-order valence-corrected chi connectivity index (χ0v) is 16.2. The van der Waals surface area contributed by atoms with Crippen LogP contribution in [0, 0.1) is 0 Å². The first-order chi connectivity index (χ1) is 11.5. The minimum atomic E-state index is -0.115. The Balaban J connectivity index is 1.92. The monoisotopic (exact) mass is 346 g/mol. The van der Waals surface area contributed by atoms with Crippen LogP contribution in [0.3, 0.4) is 0 Å². The summed E-state index contributed by atoms with van der Waals surface area (Å²) in [5.74, 6) is 1.78. The SMILES string of the molecule is CC(C)(C)c1cc(N2CCC3OCC(=O)NC3C2)nc(C(C)(C)C)n1. The summed E-state index contributed by atoms with van der Waals surface area (Å²) in [5.41, 5.74) is 0.891. The van der Waals surface area contributed by atoms with Gasteiger partial charge in [-0.2, -0.15) is 0 Å². The summed E-state index contributed by atoms with van der Waals surface area (Å²) < 4.78 is 5.66. The first-order valence-electron chi connectivity index (χ1n) is 9.10. The molecule has 0 aliphatic carbocycles. The first kappa shape index (κ1) is 18.1. The number of rotatable bonds is 1. The molecular weight excluding hydrogens is 316 g/mol. The molecule has 6 nitrogen and oxygen atoms in total. The number of hydrogen-bond donors (Lipinski definition) is 1. The van der Waals surface area contributed by atoms with Crippen molar-refractivity contribution in [3.63, 3.8) is 0 Å². The fraction of sp³-hybridized carbons (Fsp3) is 0.737. The van der Waals surface area contributed by atoms with Crippen LogP contribution in [-0.4, -0.2) is 47.7 Å². The van der Waals surface area contributed by atoms with Gasteiger partial charge in [0.1, 0.15) is 18.2 Å². The molecule has 2 fully saturated rings. The highest BCUT2D eigenvalue weighted by Gasteiger charge is 2.36. The molecule has 2 aliphatic rings. The number of hydrogen-bond acceptors (Lipinski definition) is 5. The van der Waals surface area contributed by atoms with E-state index in [1.165, 1.54) is 0 Å². The molecule has 6 heteroatoms. The van der Waals surface area contributed by atoms with Crippen molar-refractivity contribution in [1.82, 2.24) is 15.3 Å². The van der Waals surface area contributed by atoms with Gasteiger partial charge in [-0.05, 0) is 6.42 Å². The van der Waals surface area contributed by atoms with Gasteiger partial charge in [0.25, 0.3) is 0 Å². The van der Waals surface area contributed by atoms with Gasteiger partial charge in [0.05, 0.1) is 17.8 Å². The third kappa shape index (κ3) is 3.94. The summed E-state index contributed by atoms with van der Waals surface area (Å²) in [6.45, 7) is 14.7. The molecule has 0 aromatic carbocycles. The van der Waals surface area contributed by atoms with Gasteiger partial charge in [-0.1, -0.05) is 41.5 Å². The van der Waals surface area contributed by atoms with Gasteiger partial charge < -0.3 is 15.0 Å². The Morgan fingerprint density at radius 2 is 1.88 bits per heavy atom. The topological polar surface area (TPSA) is 67.3 Å². The van der Waals surface area contributed by atoms with Crippen molar-refractivity contribution < 1.29 is 9.53 Å². The van der Waals surface area contributed by atoms with Crippen molar-refractivity contribution in [2.24, 2.45) is 0 Å². The summed E-state index contributed by atoms with van der Waals surface area (Å²) in [6, 6.07) is 2.13. The molecule has 0 bridgehead atoms. The number of aromatic nitrogens is 2. The summed E-state index contributed by atoms with van der Waals surface area (Å²) >= 11 is 0. The lowest BCUT2D eigenvalue weighted by molar-refractivity contribution is -0.137. The number of nitrogens with zero attached hydrogens (tertiary/aromatic N) is 3. The average Bonchev–Trinajstić information content (AvgIpc) is 2.52. The van der Waals surface area contributed by atoms with E-state index in [-0.39, 0.29) is 35.5 Å². The maximum atomic E-state index is 11.7. The highest BCUT2D eigenvalue weighted by atomic mass is 16.5. The van der Waals surface area contributed by atoms with Crippen LogP contribution < -0.4 is 10.2 Å². The third-order valence-electron chi connectivity index (χ3n) is 4.80. The molecule has 1 aromatic rings. The largest absolute Gasteiger partial charge is 0.366 e. The Labute approximate surface area is 150 Å². The van der Waals surface area contributed by atoms with Crippen LogP contribution in [0.1, 0.15) is 59.5 Å². The zero-order chi connectivity index (χ0) is 18.4. The van der Waals surface area contributed by atoms with Crippen molar-refractivity contribution in [1.29, 1.82) is 0 Å². The van der Waals surface area contributed by atoms with Gasteiger partial charge in [-0.15, -0.1) is 0 Å². The fourth-order valence-electron chi connectivity index (χ4n) is 3.22. The molecule has 2 saturated heterocycles. The Bertz CT molecular complexity index is 628. The standard InChI is InChI=1S/C19H30N4O2/c1-18(2,3)14-9-15(22-17(21-14)19(4,5)6)23-8-7-13-12(10-23)20-16(24)11-25-13/h9,12-13H,7-8,10-11H2,1-6H3,(H,20,24). The Morgan fingerprint density at radius 1 is 1.16 bits per heavy atom. The number of piperidine rings is 1. The molecule has 2 aliphatic heterocycles. The van der Waals surface area contributed by atoms with Crippen molar-refractivity contribution in [3.8, 4) is 0 Å². The maximum absolute atomic E-state index is 11.7. The van der Waals surface area contributed by atoms with Crippen LogP contribution in [0.4, 0.5) is 5.82 Å². The molecule has 3 rings (SSSR count). The number of anilines is 1. The van der Waals surface area contributed by atoms with Gasteiger partial charge in [0.2, 0.25) is 5.91 Å². The number of fused-ring (bicyclic) bond motifs is 1. The summed E-state index contributed by atoms with van der Waals surface area (Å²) in [6.07, 6.45) is 1.00. The second-order valence-corrected chi connectivity index (χ2v) is 9.19. The Morgan fingerprint density at radius 3 is 2.52 bits per heavy atom. The van der Waals surface area contributed by atoms with Crippen molar-refractivity contribution in [2.45, 2.75) is 70.9 Å². The molecule has 25 heavy (non-hydrogen) atoms. The molecule has 138 valence electrons. The van der Waals surface area contributed by atoms with E-state index in [1.54, 1.807) is 0 Å². The number of carbonyl (C=O) groups is 1. The molecule has 0 spiro atoms. The maximum Gasteiger partial charge on any atom is 0.246 e. The lowest BCUT2D eigenvalue weighted by Crippen LogP contribution is -2.60. The number of ether oxygens (including phenoxy) is 1. The van der Waals surface area contributed by atoms with E-state index < -0.39 is 0 Å². The van der Waals surface area contributed by atoms with Gasteiger partial charge >= 0.3 is 0 Å². The lowest BCUT2D eigenvalue weighted by Gasteiger charge is -2.42. The number of nitrogens with one attached hydrogen (secondary N) is 1. The minimum absolute atomic E-state index is 0.0288. The van der Waals surface area contributed by atoms with Crippen LogP contribution in [0.2, 0.25) is 0 Å². The van der Waals surface area contributed by atoms with E-state index in [2.05, 4.69) is 57.8 Å². The minimum Gasteiger partial charge on any atom is -0.366 e. The molecule has 1 aromatic heterocycles. The van der Waals surface area contributed by atoms with Crippen LogP contribution in [-0.2, 0) is 20.4 Å². The number of carbonyl (C=O) groups excluding carboxylic acids is 1. The Kier molecular flexibility index (Phi) is 4.52. The first-order valence-corrected chi connectivity index (χ1v) is 9.10. The molecule has 0 saturated carbocycles. The lowest BCUT2D eigenvalue weighted by atomic mass is 9.90. The Hall–Kier alpha value is -1.69. The predicted molar refractivity (Wildman–Crippen MR) is 97.9 cm³/mol.